The third-order valence-electron chi connectivity index (χ3n) is 7.39. The van der Waals surface area contributed by atoms with Gasteiger partial charge in [-0.15, -0.1) is 0 Å². The predicted molar refractivity (Wildman–Crippen MR) is 150 cm³/mol. The van der Waals surface area contributed by atoms with Gasteiger partial charge < -0.3 is 39.1 Å². The number of benzene rings is 4. The molecule has 0 saturated heterocycles. The lowest BCUT2D eigenvalue weighted by Crippen LogP contribution is -1.91. The highest BCUT2D eigenvalue weighted by atomic mass is 16.5. The number of aromatic amines is 2. The van der Waals surface area contributed by atoms with E-state index in [0.717, 1.165) is 43.7 Å². The number of H-pyrrole nitrogens is 2. The first-order valence-corrected chi connectivity index (χ1v) is 12.1. The molecule has 38 heavy (non-hydrogen) atoms. The van der Waals surface area contributed by atoms with E-state index in [1.807, 2.05) is 38.1 Å². The Morgan fingerprint density at radius 1 is 0.500 bits per heavy atom. The molecule has 0 aliphatic rings. The van der Waals surface area contributed by atoms with Crippen molar-refractivity contribution in [2.24, 2.45) is 0 Å². The van der Waals surface area contributed by atoms with Gasteiger partial charge >= 0.3 is 0 Å². The fourth-order valence-corrected chi connectivity index (χ4v) is 5.58. The van der Waals surface area contributed by atoms with E-state index < -0.39 is 0 Å². The van der Waals surface area contributed by atoms with Gasteiger partial charge in [-0.3, -0.25) is 0 Å². The minimum atomic E-state index is 0.0466. The van der Waals surface area contributed by atoms with Gasteiger partial charge in [-0.1, -0.05) is 0 Å². The van der Waals surface area contributed by atoms with E-state index in [0.29, 0.717) is 45.2 Å². The zero-order valence-corrected chi connectivity index (χ0v) is 22.0. The van der Waals surface area contributed by atoms with Crippen LogP contribution in [0.1, 0.15) is 11.1 Å². The molecule has 4 aromatic carbocycles. The normalized spacial score (nSPS) is 11.6. The quantitative estimate of drug-likeness (QED) is 0.205. The van der Waals surface area contributed by atoms with E-state index in [1.54, 1.807) is 40.6 Å². The van der Waals surface area contributed by atoms with Gasteiger partial charge in [0.2, 0.25) is 0 Å². The molecule has 8 heteroatoms. The van der Waals surface area contributed by atoms with Crippen molar-refractivity contribution in [2.45, 2.75) is 13.8 Å². The van der Waals surface area contributed by atoms with E-state index in [1.165, 1.54) is 0 Å². The molecule has 4 N–H and O–H groups in total. The molecule has 6 aromatic rings. The number of hydrogen-bond acceptors (Lipinski definition) is 6. The molecule has 0 aliphatic carbocycles. The van der Waals surface area contributed by atoms with E-state index in [9.17, 15) is 10.2 Å². The zero-order valence-electron chi connectivity index (χ0n) is 22.0. The highest BCUT2D eigenvalue weighted by Gasteiger charge is 2.24. The Labute approximate surface area is 218 Å². The zero-order chi connectivity index (χ0) is 26.9. The maximum Gasteiger partial charge on any atom is 0.147 e. The van der Waals surface area contributed by atoms with Crippen LogP contribution in [-0.4, -0.2) is 48.6 Å². The van der Waals surface area contributed by atoms with Crippen molar-refractivity contribution >= 4 is 43.6 Å². The Bertz CT molecular complexity index is 1770. The van der Waals surface area contributed by atoms with Gasteiger partial charge in [0.1, 0.15) is 34.5 Å². The van der Waals surface area contributed by atoms with Crippen molar-refractivity contribution in [3.8, 4) is 45.6 Å². The van der Waals surface area contributed by atoms with Crippen LogP contribution in [0.15, 0.2) is 36.4 Å². The summed E-state index contributed by atoms with van der Waals surface area (Å²) >= 11 is 0. The lowest BCUT2D eigenvalue weighted by molar-refractivity contribution is 0.397. The maximum atomic E-state index is 11.6. The molecule has 6 rings (SSSR count). The second-order valence-corrected chi connectivity index (χ2v) is 9.43. The van der Waals surface area contributed by atoms with Crippen LogP contribution in [0.4, 0.5) is 0 Å². The average molecular weight is 513 g/mol. The summed E-state index contributed by atoms with van der Waals surface area (Å²) in [6, 6.07) is 11.4. The molecule has 0 aliphatic heterocycles. The van der Waals surface area contributed by atoms with Crippen LogP contribution in [0.3, 0.4) is 0 Å². The van der Waals surface area contributed by atoms with Crippen LogP contribution in [0.25, 0.3) is 54.7 Å². The summed E-state index contributed by atoms with van der Waals surface area (Å²) in [6.07, 6.45) is 0. The molecule has 0 amide bonds. The van der Waals surface area contributed by atoms with Crippen molar-refractivity contribution < 1.29 is 29.2 Å². The second-order valence-electron chi connectivity index (χ2n) is 9.43. The summed E-state index contributed by atoms with van der Waals surface area (Å²) in [5.41, 5.74) is 5.33. The fourth-order valence-electron chi connectivity index (χ4n) is 5.58. The van der Waals surface area contributed by atoms with Crippen LogP contribution in [0.2, 0.25) is 0 Å². The predicted octanol–water partition coefficient (Wildman–Crippen LogP) is 6.69. The first-order valence-electron chi connectivity index (χ1n) is 12.1. The number of phenols is 2. The van der Waals surface area contributed by atoms with Gasteiger partial charge in [-0.2, -0.15) is 0 Å². The molecule has 8 nitrogen and oxygen atoms in total. The summed E-state index contributed by atoms with van der Waals surface area (Å²) in [5, 5.41) is 26.6. The average Bonchev–Trinajstić information content (AvgIpc) is 3.48. The number of nitrogens with one attached hydrogen (secondary N) is 2. The minimum absolute atomic E-state index is 0.0466. The number of aromatic hydroxyl groups is 2. The van der Waals surface area contributed by atoms with Crippen molar-refractivity contribution in [1.29, 1.82) is 0 Å². The monoisotopic (exact) mass is 512 g/mol. The lowest BCUT2D eigenvalue weighted by Gasteiger charge is -2.15. The van der Waals surface area contributed by atoms with Crippen LogP contribution < -0.4 is 18.9 Å². The summed E-state index contributed by atoms with van der Waals surface area (Å²) in [7, 11) is 6.40. The number of fused-ring (bicyclic) bond motifs is 6. The third-order valence-corrected chi connectivity index (χ3v) is 7.39. The van der Waals surface area contributed by atoms with Crippen molar-refractivity contribution in [2.75, 3.05) is 28.4 Å². The number of aryl methyl sites for hydroxylation is 2. The molecular formula is C30H28N2O6. The van der Waals surface area contributed by atoms with Gasteiger partial charge in [0, 0.05) is 44.8 Å². The van der Waals surface area contributed by atoms with Gasteiger partial charge in [-0.05, 0) is 49.2 Å². The first-order chi connectivity index (χ1) is 18.3. The lowest BCUT2D eigenvalue weighted by atomic mass is 9.91. The summed E-state index contributed by atoms with van der Waals surface area (Å²) in [6.45, 7) is 3.85. The Morgan fingerprint density at radius 3 is 1.21 bits per heavy atom. The van der Waals surface area contributed by atoms with Crippen molar-refractivity contribution in [3.05, 3.63) is 47.5 Å². The summed E-state index contributed by atoms with van der Waals surface area (Å²) in [4.78, 5) is 6.66. The van der Waals surface area contributed by atoms with Crippen LogP contribution >= 0.6 is 0 Å². The van der Waals surface area contributed by atoms with E-state index in [2.05, 4.69) is 9.97 Å². The van der Waals surface area contributed by atoms with Crippen LogP contribution in [0.5, 0.6) is 34.5 Å². The van der Waals surface area contributed by atoms with E-state index in [4.69, 9.17) is 18.9 Å². The number of phenolic OH excluding ortho intramolecular Hbond substituents is 2. The highest BCUT2D eigenvalue weighted by molar-refractivity contribution is 6.16. The highest BCUT2D eigenvalue weighted by Crippen LogP contribution is 2.49. The molecule has 0 saturated carbocycles. The molecule has 0 atom stereocenters. The van der Waals surface area contributed by atoms with Gasteiger partial charge in [-0.25, -0.2) is 0 Å². The third kappa shape index (κ3) is 3.16. The molecule has 2 aromatic heterocycles. The molecule has 0 fully saturated rings. The minimum Gasteiger partial charge on any atom is -0.505 e. The second kappa shape index (κ2) is 8.41. The molecule has 0 radical (unpaired) electrons. The summed E-state index contributed by atoms with van der Waals surface area (Å²) in [5.74, 6) is 2.62. The topological polar surface area (TPSA) is 109 Å². The molecule has 2 heterocycles. The SMILES string of the molecule is COc1cc(OC)c2[nH]c3c(O)c(-c4c(C)cc5c([nH]c6c(OC)cc(OC)cc65)c4O)c(C)cc3c2c1. The molecule has 0 unspecified atom stereocenters. The first kappa shape index (κ1) is 23.7. The smallest absolute Gasteiger partial charge is 0.147 e. The fraction of sp³-hybridized carbons (Fsp3) is 0.200. The maximum absolute atomic E-state index is 11.6. The number of methoxy groups -OCH3 is 4. The van der Waals surface area contributed by atoms with Crippen LogP contribution in [-0.2, 0) is 0 Å². The van der Waals surface area contributed by atoms with Gasteiger partial charge in [0.15, 0.2) is 0 Å². The Kier molecular flexibility index (Phi) is 5.24. The molecule has 0 bridgehead atoms. The van der Waals surface area contributed by atoms with Gasteiger partial charge in [0.05, 0.1) is 50.5 Å². The number of hydrogen-bond donors (Lipinski definition) is 4. The van der Waals surface area contributed by atoms with Gasteiger partial charge in [0.25, 0.3) is 0 Å². The van der Waals surface area contributed by atoms with Crippen molar-refractivity contribution in [3.63, 3.8) is 0 Å². The molecular weight excluding hydrogens is 484 g/mol. The Hall–Kier alpha value is -4.72. The molecule has 194 valence electrons. The Morgan fingerprint density at radius 2 is 0.868 bits per heavy atom. The van der Waals surface area contributed by atoms with E-state index >= 15 is 0 Å². The van der Waals surface area contributed by atoms with E-state index in [-0.39, 0.29) is 11.5 Å². The van der Waals surface area contributed by atoms with Crippen molar-refractivity contribution in [1.82, 2.24) is 9.97 Å². The molecule has 0 spiro atoms. The largest absolute Gasteiger partial charge is 0.505 e. The summed E-state index contributed by atoms with van der Waals surface area (Å²) < 4.78 is 22.1. The van der Waals surface area contributed by atoms with Crippen LogP contribution in [0, 0.1) is 13.8 Å². The standard InChI is InChI=1S/C30H28N2O6/c1-13-7-17-19-9-15(35-3)11-21(37-5)25(19)31-27(17)29(33)23(13)24-14(2)8-18-20-10-16(36-4)12-22(38-6)26(20)32-28(18)30(24)34/h7-12,31-34H,1-6H3. The number of aromatic nitrogens is 2. The number of rotatable bonds is 5. The Balaban J connectivity index is 1.67. The number of ether oxygens (including phenoxy) is 4.